The quantitative estimate of drug-likeness (QED) is 0.703. The van der Waals surface area contributed by atoms with Crippen LogP contribution in [0.3, 0.4) is 0 Å². The van der Waals surface area contributed by atoms with Crippen molar-refractivity contribution in [3.63, 3.8) is 0 Å². The molecule has 0 bridgehead atoms. The molecule has 0 radical (unpaired) electrons. The molecule has 0 aromatic heterocycles. The Hall–Kier alpha value is -2.53. The van der Waals surface area contributed by atoms with E-state index in [0.29, 0.717) is 22.9 Å². The summed E-state index contributed by atoms with van der Waals surface area (Å²) in [4.78, 5) is 24.0. The van der Waals surface area contributed by atoms with Crippen LogP contribution >= 0.6 is 11.6 Å². The molecule has 138 valence electrons. The van der Waals surface area contributed by atoms with Crippen molar-refractivity contribution in [1.82, 2.24) is 5.32 Å². The Kier molecular flexibility index (Phi) is 7.48. The van der Waals surface area contributed by atoms with Crippen LogP contribution in [0.1, 0.15) is 42.2 Å². The number of esters is 1. The zero-order valence-electron chi connectivity index (χ0n) is 14.8. The number of carbonyl (C=O) groups excluding carboxylic acids is 2. The Bertz CT molecular complexity index is 746. The van der Waals surface area contributed by atoms with Crippen LogP contribution in [0.4, 0.5) is 0 Å². The minimum Gasteiger partial charge on any atom is -0.494 e. The predicted octanol–water partition coefficient (Wildman–Crippen LogP) is 4.16. The second-order valence-corrected chi connectivity index (χ2v) is 6.23. The van der Waals surface area contributed by atoms with Crippen LogP contribution in [-0.4, -0.2) is 25.1 Å². The minimum absolute atomic E-state index is 0.241. The molecule has 0 aliphatic carbocycles. The van der Waals surface area contributed by atoms with Gasteiger partial charge in [-0.1, -0.05) is 30.7 Å². The smallest absolute Gasteiger partial charge is 0.338 e. The molecule has 0 spiro atoms. The molecule has 0 aliphatic heterocycles. The van der Waals surface area contributed by atoms with E-state index in [-0.39, 0.29) is 18.6 Å². The van der Waals surface area contributed by atoms with Gasteiger partial charge in [-0.15, -0.1) is 0 Å². The van der Waals surface area contributed by atoms with Crippen molar-refractivity contribution in [3.8, 4) is 5.75 Å². The van der Waals surface area contributed by atoms with Gasteiger partial charge < -0.3 is 14.8 Å². The van der Waals surface area contributed by atoms with Crippen molar-refractivity contribution >= 4 is 23.5 Å². The van der Waals surface area contributed by atoms with Crippen LogP contribution in [0.15, 0.2) is 48.5 Å². The van der Waals surface area contributed by atoms with Crippen LogP contribution in [0.2, 0.25) is 5.02 Å². The summed E-state index contributed by atoms with van der Waals surface area (Å²) in [5.74, 6) is -0.247. The van der Waals surface area contributed by atoms with E-state index in [1.54, 1.807) is 36.4 Å². The van der Waals surface area contributed by atoms with Gasteiger partial charge in [0.05, 0.1) is 18.2 Å². The predicted molar refractivity (Wildman–Crippen MR) is 101 cm³/mol. The van der Waals surface area contributed by atoms with Crippen LogP contribution in [-0.2, 0) is 9.53 Å². The number of benzene rings is 2. The molecule has 1 atom stereocenters. The standard InChI is InChI=1S/C20H22ClNO4/c1-3-11-25-18-9-7-15(8-10-18)20(24)26-13-19(23)22-14(2)16-5-4-6-17(21)12-16/h4-10,12,14H,3,11,13H2,1-2H3,(H,22,23)/t14-/m0/s1. The first-order valence-electron chi connectivity index (χ1n) is 8.44. The number of rotatable bonds is 8. The molecule has 0 aliphatic rings. The Morgan fingerprint density at radius 2 is 1.88 bits per heavy atom. The molecule has 6 heteroatoms. The molecule has 0 heterocycles. The van der Waals surface area contributed by atoms with Crippen LogP contribution < -0.4 is 10.1 Å². The van der Waals surface area contributed by atoms with Crippen LogP contribution in [0, 0.1) is 0 Å². The third-order valence-corrected chi connectivity index (χ3v) is 3.86. The van der Waals surface area contributed by atoms with E-state index in [2.05, 4.69) is 5.32 Å². The van der Waals surface area contributed by atoms with Crippen LogP contribution in [0.25, 0.3) is 0 Å². The van der Waals surface area contributed by atoms with Crippen molar-refractivity contribution in [3.05, 3.63) is 64.7 Å². The summed E-state index contributed by atoms with van der Waals surface area (Å²) < 4.78 is 10.5. The largest absolute Gasteiger partial charge is 0.494 e. The number of nitrogens with one attached hydrogen (secondary N) is 1. The van der Waals surface area contributed by atoms with Gasteiger partial charge in [0, 0.05) is 5.02 Å². The maximum atomic E-state index is 12.0. The summed E-state index contributed by atoms with van der Waals surface area (Å²) in [7, 11) is 0. The van der Waals surface area contributed by atoms with E-state index >= 15 is 0 Å². The zero-order valence-corrected chi connectivity index (χ0v) is 15.6. The molecule has 0 fully saturated rings. The van der Waals surface area contributed by atoms with Gasteiger partial charge in [-0.05, 0) is 55.3 Å². The summed E-state index contributed by atoms with van der Waals surface area (Å²) in [6.45, 7) is 4.12. The molecule has 26 heavy (non-hydrogen) atoms. The van der Waals surface area contributed by atoms with Crippen molar-refractivity contribution in [1.29, 1.82) is 0 Å². The Morgan fingerprint density at radius 3 is 2.54 bits per heavy atom. The van der Waals surface area contributed by atoms with Gasteiger partial charge in [-0.3, -0.25) is 4.79 Å². The monoisotopic (exact) mass is 375 g/mol. The lowest BCUT2D eigenvalue weighted by atomic mass is 10.1. The molecule has 2 rings (SSSR count). The lowest BCUT2D eigenvalue weighted by Gasteiger charge is -2.14. The SMILES string of the molecule is CCCOc1ccc(C(=O)OCC(=O)N[C@@H](C)c2cccc(Cl)c2)cc1. The number of ether oxygens (including phenoxy) is 2. The maximum Gasteiger partial charge on any atom is 0.338 e. The minimum atomic E-state index is -0.558. The Morgan fingerprint density at radius 1 is 1.15 bits per heavy atom. The third-order valence-electron chi connectivity index (χ3n) is 3.62. The Balaban J connectivity index is 1.81. The fourth-order valence-corrected chi connectivity index (χ4v) is 2.46. The van der Waals surface area contributed by atoms with Gasteiger partial charge in [0.15, 0.2) is 6.61 Å². The highest BCUT2D eigenvalue weighted by Crippen LogP contribution is 2.17. The highest BCUT2D eigenvalue weighted by Gasteiger charge is 2.13. The summed E-state index contributed by atoms with van der Waals surface area (Å²) in [6, 6.07) is 13.6. The van der Waals surface area contributed by atoms with E-state index in [0.717, 1.165) is 12.0 Å². The molecule has 5 nitrogen and oxygen atoms in total. The van der Waals surface area contributed by atoms with E-state index in [1.165, 1.54) is 0 Å². The first kappa shape index (κ1) is 19.8. The van der Waals surface area contributed by atoms with E-state index in [1.807, 2.05) is 26.0 Å². The second kappa shape index (κ2) is 9.82. The molecule has 1 amide bonds. The lowest BCUT2D eigenvalue weighted by molar-refractivity contribution is -0.124. The summed E-state index contributed by atoms with van der Waals surface area (Å²) >= 11 is 5.94. The molecule has 2 aromatic carbocycles. The van der Waals surface area contributed by atoms with Gasteiger partial charge in [-0.25, -0.2) is 4.79 Å². The second-order valence-electron chi connectivity index (χ2n) is 5.79. The number of hydrogen-bond donors (Lipinski definition) is 1. The number of halogens is 1. The van der Waals surface area contributed by atoms with Crippen molar-refractivity contribution < 1.29 is 19.1 Å². The lowest BCUT2D eigenvalue weighted by Crippen LogP contribution is -2.31. The van der Waals surface area contributed by atoms with Gasteiger partial charge in [0.2, 0.25) is 0 Å². The van der Waals surface area contributed by atoms with E-state index in [4.69, 9.17) is 21.1 Å². The molecule has 2 aromatic rings. The Labute approximate surface area is 158 Å². The van der Waals surface area contributed by atoms with Crippen LogP contribution in [0.5, 0.6) is 5.75 Å². The van der Waals surface area contributed by atoms with Crippen molar-refractivity contribution in [2.24, 2.45) is 0 Å². The molecule has 0 unspecified atom stereocenters. The summed E-state index contributed by atoms with van der Waals surface area (Å²) in [5.41, 5.74) is 1.24. The average molecular weight is 376 g/mol. The zero-order chi connectivity index (χ0) is 18.9. The average Bonchev–Trinajstić information content (AvgIpc) is 2.64. The maximum absolute atomic E-state index is 12.0. The topological polar surface area (TPSA) is 64.6 Å². The highest BCUT2D eigenvalue weighted by atomic mass is 35.5. The summed E-state index contributed by atoms with van der Waals surface area (Å²) in [6.07, 6.45) is 0.909. The first-order valence-corrected chi connectivity index (χ1v) is 8.82. The van der Waals surface area contributed by atoms with Crippen molar-refractivity contribution in [2.75, 3.05) is 13.2 Å². The van der Waals surface area contributed by atoms with E-state index in [9.17, 15) is 9.59 Å². The normalized spacial score (nSPS) is 11.5. The highest BCUT2D eigenvalue weighted by molar-refractivity contribution is 6.30. The number of carbonyl (C=O) groups is 2. The molecule has 1 N–H and O–H groups in total. The van der Waals surface area contributed by atoms with Crippen molar-refractivity contribution in [2.45, 2.75) is 26.3 Å². The molecular weight excluding hydrogens is 354 g/mol. The van der Waals surface area contributed by atoms with E-state index < -0.39 is 5.97 Å². The van der Waals surface area contributed by atoms with Gasteiger partial charge in [-0.2, -0.15) is 0 Å². The first-order chi connectivity index (χ1) is 12.5. The number of hydrogen-bond acceptors (Lipinski definition) is 4. The van der Waals surface area contributed by atoms with Gasteiger partial charge in [0.1, 0.15) is 5.75 Å². The fraction of sp³-hybridized carbons (Fsp3) is 0.300. The fourth-order valence-electron chi connectivity index (χ4n) is 2.26. The van der Waals surface area contributed by atoms with Gasteiger partial charge in [0.25, 0.3) is 5.91 Å². The molecule has 0 saturated carbocycles. The molecule has 0 saturated heterocycles. The number of amides is 1. The van der Waals surface area contributed by atoms with Gasteiger partial charge >= 0.3 is 5.97 Å². The molecular formula is C20H22ClNO4. The third kappa shape index (κ3) is 6.08. The summed E-state index contributed by atoms with van der Waals surface area (Å²) in [5, 5.41) is 3.37.